The molecule has 0 unspecified atom stereocenters. The van der Waals surface area contributed by atoms with Gasteiger partial charge in [-0.15, -0.1) is 0 Å². The number of nitrogens with zero attached hydrogens (tertiary/aromatic N) is 1. The van der Waals surface area contributed by atoms with E-state index in [0.717, 1.165) is 25.9 Å². The molecule has 164 valence electrons. The van der Waals surface area contributed by atoms with Crippen molar-refractivity contribution in [2.45, 2.75) is 24.5 Å². The SMILES string of the molecule is CS(=O)(=O)O.OC1CCN(C(c2ccccc2)(c2ccccc2)c2ccccc2)CC1. The van der Waals surface area contributed by atoms with E-state index < -0.39 is 10.1 Å². The van der Waals surface area contributed by atoms with Crippen LogP contribution in [-0.2, 0) is 15.7 Å². The molecule has 1 saturated heterocycles. The number of hydrogen-bond donors (Lipinski definition) is 2. The Kier molecular flexibility index (Phi) is 7.62. The molecule has 0 radical (unpaired) electrons. The second kappa shape index (κ2) is 10.2. The molecule has 0 saturated carbocycles. The van der Waals surface area contributed by atoms with E-state index in [9.17, 15) is 13.5 Å². The van der Waals surface area contributed by atoms with Gasteiger partial charge in [0.15, 0.2) is 0 Å². The molecule has 0 aliphatic carbocycles. The highest BCUT2D eigenvalue weighted by molar-refractivity contribution is 7.85. The highest BCUT2D eigenvalue weighted by Crippen LogP contribution is 2.43. The molecule has 6 heteroatoms. The first-order chi connectivity index (χ1) is 14.8. The first kappa shape index (κ1) is 23.2. The van der Waals surface area contributed by atoms with Crippen molar-refractivity contribution in [3.63, 3.8) is 0 Å². The number of hydrogen-bond acceptors (Lipinski definition) is 4. The smallest absolute Gasteiger partial charge is 0.261 e. The number of benzene rings is 3. The van der Waals surface area contributed by atoms with Crippen molar-refractivity contribution in [2.75, 3.05) is 19.3 Å². The van der Waals surface area contributed by atoms with Crippen LogP contribution in [0.4, 0.5) is 0 Å². The van der Waals surface area contributed by atoms with E-state index in [-0.39, 0.29) is 11.6 Å². The summed E-state index contributed by atoms with van der Waals surface area (Å²) in [6, 6.07) is 32.3. The summed E-state index contributed by atoms with van der Waals surface area (Å²) in [5.74, 6) is 0. The van der Waals surface area contributed by atoms with Crippen molar-refractivity contribution in [1.29, 1.82) is 0 Å². The van der Waals surface area contributed by atoms with Gasteiger partial charge in [0.25, 0.3) is 10.1 Å². The van der Waals surface area contributed by atoms with Crippen LogP contribution in [0.5, 0.6) is 0 Å². The summed E-state index contributed by atoms with van der Waals surface area (Å²) in [6.07, 6.45) is 2.15. The second-order valence-corrected chi connectivity index (χ2v) is 9.23. The standard InChI is InChI=1S/C24H25NO.CH4O3S/c26-23-16-18-25(19-17-23)24(20-10-4-1-5-11-20,21-12-6-2-7-13-21)22-14-8-3-9-15-22;1-5(2,3)4/h1-15,23,26H,16-19H2;1H3,(H,2,3,4). The lowest BCUT2D eigenvalue weighted by Gasteiger charge is -2.48. The Morgan fingerprint density at radius 2 is 1.03 bits per heavy atom. The molecule has 0 atom stereocenters. The van der Waals surface area contributed by atoms with Crippen molar-refractivity contribution in [1.82, 2.24) is 4.90 Å². The monoisotopic (exact) mass is 439 g/mol. The molecular weight excluding hydrogens is 410 g/mol. The molecule has 3 aromatic carbocycles. The average Bonchev–Trinajstić information content (AvgIpc) is 2.77. The van der Waals surface area contributed by atoms with Crippen LogP contribution >= 0.6 is 0 Å². The van der Waals surface area contributed by atoms with Gasteiger partial charge in [-0.25, -0.2) is 0 Å². The predicted octanol–water partition coefficient (Wildman–Crippen LogP) is 3.94. The summed E-state index contributed by atoms with van der Waals surface area (Å²) < 4.78 is 25.9. The number of rotatable bonds is 4. The Balaban J connectivity index is 0.000000491. The van der Waals surface area contributed by atoms with Gasteiger partial charge < -0.3 is 5.11 Å². The summed E-state index contributed by atoms with van der Waals surface area (Å²) in [4.78, 5) is 2.54. The Morgan fingerprint density at radius 1 is 0.742 bits per heavy atom. The van der Waals surface area contributed by atoms with E-state index in [4.69, 9.17) is 4.55 Å². The third-order valence-corrected chi connectivity index (χ3v) is 5.51. The Bertz CT molecular complexity index is 928. The first-order valence-corrected chi connectivity index (χ1v) is 12.2. The summed E-state index contributed by atoms with van der Waals surface area (Å²) >= 11 is 0. The zero-order valence-electron chi connectivity index (χ0n) is 17.6. The molecule has 0 bridgehead atoms. The number of aliphatic hydroxyl groups excluding tert-OH is 1. The minimum Gasteiger partial charge on any atom is -0.393 e. The van der Waals surface area contributed by atoms with E-state index in [1.54, 1.807) is 0 Å². The van der Waals surface area contributed by atoms with Crippen LogP contribution in [0.15, 0.2) is 91.0 Å². The molecule has 0 aromatic heterocycles. The molecule has 1 aliphatic heterocycles. The Hall–Kier alpha value is -2.51. The normalized spacial score (nSPS) is 15.7. The fourth-order valence-corrected chi connectivity index (χ4v) is 4.29. The lowest BCUT2D eigenvalue weighted by molar-refractivity contribution is 0.0450. The van der Waals surface area contributed by atoms with Crippen LogP contribution in [0.3, 0.4) is 0 Å². The topological polar surface area (TPSA) is 77.8 Å². The van der Waals surface area contributed by atoms with E-state index in [1.807, 2.05) is 0 Å². The third-order valence-electron chi connectivity index (χ3n) is 5.51. The van der Waals surface area contributed by atoms with Crippen molar-refractivity contribution in [3.8, 4) is 0 Å². The quantitative estimate of drug-likeness (QED) is 0.476. The van der Waals surface area contributed by atoms with Crippen LogP contribution in [0.25, 0.3) is 0 Å². The lowest BCUT2D eigenvalue weighted by Crippen LogP contribution is -2.52. The Labute approximate surface area is 184 Å². The van der Waals surface area contributed by atoms with E-state index >= 15 is 0 Å². The predicted molar refractivity (Wildman–Crippen MR) is 123 cm³/mol. The van der Waals surface area contributed by atoms with Gasteiger partial charge in [-0.05, 0) is 29.5 Å². The Morgan fingerprint density at radius 3 is 1.32 bits per heavy atom. The molecular formula is C25H29NO4S. The van der Waals surface area contributed by atoms with Crippen molar-refractivity contribution >= 4 is 10.1 Å². The van der Waals surface area contributed by atoms with Gasteiger partial charge in [0, 0.05) is 13.1 Å². The molecule has 4 rings (SSSR count). The lowest BCUT2D eigenvalue weighted by atomic mass is 9.74. The van der Waals surface area contributed by atoms with Crippen LogP contribution < -0.4 is 0 Å². The average molecular weight is 440 g/mol. The first-order valence-electron chi connectivity index (χ1n) is 10.3. The fraction of sp³-hybridized carbons (Fsp3) is 0.280. The van der Waals surface area contributed by atoms with Crippen molar-refractivity contribution < 1.29 is 18.1 Å². The zero-order chi connectivity index (χ0) is 22.3. The van der Waals surface area contributed by atoms with Crippen LogP contribution in [0.2, 0.25) is 0 Å². The van der Waals surface area contributed by atoms with Gasteiger partial charge in [-0.2, -0.15) is 8.42 Å². The largest absolute Gasteiger partial charge is 0.393 e. The number of aliphatic hydroxyl groups is 1. The summed E-state index contributed by atoms with van der Waals surface area (Å²) in [6.45, 7) is 1.75. The van der Waals surface area contributed by atoms with E-state index in [1.165, 1.54) is 16.7 Å². The van der Waals surface area contributed by atoms with Crippen molar-refractivity contribution in [2.24, 2.45) is 0 Å². The molecule has 2 N–H and O–H groups in total. The second-order valence-electron chi connectivity index (χ2n) is 7.76. The highest BCUT2D eigenvalue weighted by Gasteiger charge is 2.43. The number of piperidine rings is 1. The van der Waals surface area contributed by atoms with Crippen LogP contribution in [0.1, 0.15) is 29.5 Å². The molecule has 1 aliphatic rings. The van der Waals surface area contributed by atoms with Gasteiger partial charge in [0.2, 0.25) is 0 Å². The minimum atomic E-state index is -3.67. The minimum absolute atomic E-state index is 0.189. The van der Waals surface area contributed by atoms with E-state index in [2.05, 4.69) is 95.9 Å². The molecule has 3 aromatic rings. The van der Waals surface area contributed by atoms with Crippen molar-refractivity contribution in [3.05, 3.63) is 108 Å². The molecule has 31 heavy (non-hydrogen) atoms. The zero-order valence-corrected chi connectivity index (χ0v) is 18.4. The maximum atomic E-state index is 10.1. The highest BCUT2D eigenvalue weighted by atomic mass is 32.2. The summed E-state index contributed by atoms with van der Waals surface area (Å²) in [7, 11) is -3.67. The molecule has 0 amide bonds. The molecule has 5 nitrogen and oxygen atoms in total. The van der Waals surface area contributed by atoms with Gasteiger partial charge in [-0.1, -0.05) is 91.0 Å². The molecule has 1 fully saturated rings. The maximum absolute atomic E-state index is 10.1. The van der Waals surface area contributed by atoms with Gasteiger partial charge in [0.1, 0.15) is 0 Å². The van der Waals surface area contributed by atoms with Gasteiger partial charge in [0.05, 0.1) is 17.9 Å². The van der Waals surface area contributed by atoms with Crippen LogP contribution in [-0.4, -0.2) is 48.4 Å². The summed E-state index contributed by atoms with van der Waals surface area (Å²) in [5, 5.41) is 10.1. The fourth-order valence-electron chi connectivity index (χ4n) is 4.29. The maximum Gasteiger partial charge on any atom is 0.261 e. The van der Waals surface area contributed by atoms with Gasteiger partial charge >= 0.3 is 0 Å². The van der Waals surface area contributed by atoms with Gasteiger partial charge in [-0.3, -0.25) is 9.45 Å². The molecule has 1 heterocycles. The summed E-state index contributed by atoms with van der Waals surface area (Å²) in [5.41, 5.74) is 3.47. The third kappa shape index (κ3) is 5.80. The number of likely N-dealkylation sites (tertiary alicyclic amines) is 1. The van der Waals surface area contributed by atoms with E-state index in [0.29, 0.717) is 6.26 Å². The molecule has 0 spiro atoms. The van der Waals surface area contributed by atoms with Crippen LogP contribution in [0, 0.1) is 0 Å².